The fourth-order valence-corrected chi connectivity index (χ4v) is 4.98. The SMILES string of the molecule is OC(CSCCCl)CSC(CCl)CSCCCl. The number of aliphatic hydroxyl groups is 1. The van der Waals surface area contributed by atoms with Crippen LogP contribution in [0.2, 0.25) is 0 Å². The molecule has 2 unspecified atom stereocenters. The first-order chi connectivity index (χ1) is 8.24. The minimum atomic E-state index is -0.267. The van der Waals surface area contributed by atoms with E-state index in [-0.39, 0.29) is 6.10 Å². The largest absolute Gasteiger partial charge is 0.391 e. The van der Waals surface area contributed by atoms with Crippen molar-refractivity contribution in [3.8, 4) is 0 Å². The Labute approximate surface area is 132 Å². The zero-order valence-electron chi connectivity index (χ0n) is 9.62. The van der Waals surface area contributed by atoms with Crippen LogP contribution in [0, 0.1) is 0 Å². The van der Waals surface area contributed by atoms with Crippen molar-refractivity contribution in [3.63, 3.8) is 0 Å². The van der Waals surface area contributed by atoms with Crippen LogP contribution in [-0.2, 0) is 0 Å². The third-order valence-corrected chi connectivity index (χ3v) is 6.97. The second-order valence-electron chi connectivity index (χ2n) is 3.29. The number of hydrogen-bond donors (Lipinski definition) is 1. The van der Waals surface area contributed by atoms with Crippen LogP contribution in [0.4, 0.5) is 0 Å². The first-order valence-corrected chi connectivity index (χ1v) is 10.3. The van der Waals surface area contributed by atoms with Crippen molar-refractivity contribution in [3.05, 3.63) is 0 Å². The third kappa shape index (κ3) is 12.6. The topological polar surface area (TPSA) is 20.2 Å². The highest BCUT2D eigenvalue weighted by atomic mass is 35.5. The fraction of sp³-hybridized carbons (Fsp3) is 1.00. The summed E-state index contributed by atoms with van der Waals surface area (Å²) >= 11 is 22.3. The predicted octanol–water partition coefficient (Wildman–Crippen LogP) is 3.63. The highest BCUT2D eigenvalue weighted by Gasteiger charge is 2.11. The summed E-state index contributed by atoms with van der Waals surface area (Å²) < 4.78 is 0. The number of thioether (sulfide) groups is 3. The average Bonchev–Trinajstić information content (AvgIpc) is 2.34. The molecule has 0 spiro atoms. The van der Waals surface area contributed by atoms with Crippen LogP contribution < -0.4 is 0 Å². The number of alkyl halides is 3. The van der Waals surface area contributed by atoms with Crippen LogP contribution in [0.25, 0.3) is 0 Å². The predicted molar refractivity (Wildman–Crippen MR) is 89.1 cm³/mol. The lowest BCUT2D eigenvalue weighted by Crippen LogP contribution is -2.18. The first kappa shape index (κ1) is 18.9. The molecule has 0 bridgehead atoms. The molecule has 17 heavy (non-hydrogen) atoms. The molecule has 0 fully saturated rings. The minimum Gasteiger partial charge on any atom is -0.391 e. The number of halogens is 3. The Bertz CT molecular complexity index is 166. The van der Waals surface area contributed by atoms with Crippen molar-refractivity contribution in [1.82, 2.24) is 0 Å². The molecule has 0 aliphatic carbocycles. The third-order valence-electron chi connectivity index (χ3n) is 1.75. The highest BCUT2D eigenvalue weighted by Crippen LogP contribution is 2.20. The molecule has 7 heteroatoms. The van der Waals surface area contributed by atoms with Crippen LogP contribution in [0.5, 0.6) is 0 Å². The standard InChI is InChI=1S/C10H19Cl3OS3/c11-1-3-15-6-9(14)7-17-10(5-13)8-16-4-2-12/h9-10,14H,1-8H2. The smallest absolute Gasteiger partial charge is 0.0720 e. The molecule has 0 aliphatic rings. The Morgan fingerprint density at radius 1 is 0.882 bits per heavy atom. The number of rotatable bonds is 12. The Kier molecular flexibility index (Phi) is 15.9. The maximum atomic E-state index is 9.74. The molecule has 0 radical (unpaired) electrons. The summed E-state index contributed by atoms with van der Waals surface area (Å²) in [5.41, 5.74) is 0. The molecule has 1 N–H and O–H groups in total. The summed E-state index contributed by atoms with van der Waals surface area (Å²) in [6.45, 7) is 0. The molecule has 0 aromatic carbocycles. The molecule has 0 saturated heterocycles. The van der Waals surface area contributed by atoms with Crippen LogP contribution in [-0.4, -0.2) is 62.9 Å². The second kappa shape index (κ2) is 14.3. The van der Waals surface area contributed by atoms with E-state index in [9.17, 15) is 5.11 Å². The molecular formula is C10H19Cl3OS3. The Morgan fingerprint density at radius 3 is 2.00 bits per heavy atom. The highest BCUT2D eigenvalue weighted by molar-refractivity contribution is 8.03. The van der Waals surface area contributed by atoms with Crippen molar-refractivity contribution in [1.29, 1.82) is 0 Å². The summed E-state index contributed by atoms with van der Waals surface area (Å²) in [5.74, 6) is 6.31. The molecule has 0 amide bonds. The van der Waals surface area contributed by atoms with Gasteiger partial charge in [-0.05, 0) is 0 Å². The summed E-state index contributed by atoms with van der Waals surface area (Å²) in [6.07, 6.45) is -0.267. The van der Waals surface area contributed by atoms with E-state index >= 15 is 0 Å². The van der Waals surface area contributed by atoms with Crippen molar-refractivity contribution in [2.75, 3.05) is 46.4 Å². The molecule has 0 aliphatic heterocycles. The average molecular weight is 358 g/mol. The maximum absolute atomic E-state index is 9.74. The maximum Gasteiger partial charge on any atom is 0.0720 e. The van der Waals surface area contributed by atoms with E-state index in [1.54, 1.807) is 23.5 Å². The fourth-order valence-electron chi connectivity index (χ4n) is 0.976. The van der Waals surface area contributed by atoms with Crippen molar-refractivity contribution in [2.45, 2.75) is 11.4 Å². The van der Waals surface area contributed by atoms with E-state index < -0.39 is 0 Å². The van der Waals surface area contributed by atoms with Gasteiger partial charge in [0.25, 0.3) is 0 Å². The summed E-state index contributed by atoms with van der Waals surface area (Å²) in [7, 11) is 0. The van der Waals surface area contributed by atoms with Gasteiger partial charge in [-0.2, -0.15) is 35.3 Å². The van der Waals surface area contributed by atoms with E-state index in [0.29, 0.717) is 22.9 Å². The van der Waals surface area contributed by atoms with Crippen molar-refractivity contribution >= 4 is 70.1 Å². The molecule has 2 atom stereocenters. The monoisotopic (exact) mass is 356 g/mol. The molecule has 104 valence electrons. The second-order valence-corrected chi connectivity index (χ2v) is 7.99. The Morgan fingerprint density at radius 2 is 1.47 bits per heavy atom. The molecule has 0 aromatic rings. The lowest BCUT2D eigenvalue weighted by atomic mass is 10.5. The lowest BCUT2D eigenvalue weighted by Gasteiger charge is -2.15. The van der Waals surface area contributed by atoms with Gasteiger partial charge in [-0.3, -0.25) is 0 Å². The molecule has 0 heterocycles. The molecule has 0 rings (SSSR count). The normalized spacial score (nSPS) is 14.8. The zero-order chi connectivity index (χ0) is 12.9. The number of aliphatic hydroxyl groups excluding tert-OH is 1. The van der Waals surface area contributed by atoms with Gasteiger partial charge >= 0.3 is 0 Å². The van der Waals surface area contributed by atoms with Gasteiger partial charge in [-0.25, -0.2) is 0 Å². The summed E-state index contributed by atoms with van der Waals surface area (Å²) in [5, 5.41) is 10.1. The van der Waals surface area contributed by atoms with Gasteiger partial charge < -0.3 is 5.11 Å². The summed E-state index contributed by atoms with van der Waals surface area (Å²) in [6, 6.07) is 0. The van der Waals surface area contributed by atoms with E-state index in [1.807, 2.05) is 11.8 Å². The van der Waals surface area contributed by atoms with Crippen LogP contribution in [0.3, 0.4) is 0 Å². The van der Waals surface area contributed by atoms with Gasteiger partial charge in [0.05, 0.1) is 6.10 Å². The number of hydrogen-bond acceptors (Lipinski definition) is 4. The van der Waals surface area contributed by atoms with Gasteiger partial charge in [-0.15, -0.1) is 34.8 Å². The van der Waals surface area contributed by atoms with Crippen LogP contribution in [0.1, 0.15) is 0 Å². The van der Waals surface area contributed by atoms with E-state index in [1.165, 1.54) is 0 Å². The molecule has 0 saturated carbocycles. The lowest BCUT2D eigenvalue weighted by molar-refractivity contribution is 0.225. The van der Waals surface area contributed by atoms with Gasteiger partial charge in [0.2, 0.25) is 0 Å². The van der Waals surface area contributed by atoms with Gasteiger partial charge in [0, 0.05) is 51.7 Å². The van der Waals surface area contributed by atoms with Crippen molar-refractivity contribution in [2.24, 2.45) is 0 Å². The molecule has 0 aromatic heterocycles. The van der Waals surface area contributed by atoms with Gasteiger partial charge in [0.15, 0.2) is 0 Å². The van der Waals surface area contributed by atoms with Crippen LogP contribution in [0.15, 0.2) is 0 Å². The van der Waals surface area contributed by atoms with Gasteiger partial charge in [-0.1, -0.05) is 0 Å². The van der Waals surface area contributed by atoms with E-state index in [2.05, 4.69) is 0 Å². The first-order valence-electron chi connectivity index (χ1n) is 5.37. The van der Waals surface area contributed by atoms with E-state index in [4.69, 9.17) is 34.8 Å². The minimum absolute atomic E-state index is 0.267. The van der Waals surface area contributed by atoms with E-state index in [0.717, 1.165) is 28.8 Å². The van der Waals surface area contributed by atoms with Crippen molar-refractivity contribution < 1.29 is 5.11 Å². The summed E-state index contributed by atoms with van der Waals surface area (Å²) in [4.78, 5) is 0. The Balaban J connectivity index is 3.52. The molecule has 1 nitrogen and oxygen atoms in total. The van der Waals surface area contributed by atoms with Crippen LogP contribution >= 0.6 is 70.1 Å². The van der Waals surface area contributed by atoms with Gasteiger partial charge in [0.1, 0.15) is 0 Å². The Hall–Kier alpha value is 1.88. The quantitative estimate of drug-likeness (QED) is 0.425. The molecular weight excluding hydrogens is 339 g/mol. The zero-order valence-corrected chi connectivity index (χ0v) is 14.3.